The van der Waals surface area contributed by atoms with Crippen LogP contribution < -0.4 is 10.1 Å². The number of rotatable bonds is 4. The Morgan fingerprint density at radius 2 is 2.16 bits per heavy atom. The minimum Gasteiger partial charge on any atom is -0.405 e. The molecule has 3 rings (SSSR count). The van der Waals surface area contributed by atoms with Crippen molar-refractivity contribution in [3.8, 4) is 5.75 Å². The van der Waals surface area contributed by atoms with Crippen molar-refractivity contribution in [3.63, 3.8) is 0 Å². The van der Waals surface area contributed by atoms with Crippen LogP contribution in [0.3, 0.4) is 0 Å². The maximum Gasteiger partial charge on any atom is 0.573 e. The van der Waals surface area contributed by atoms with Crippen molar-refractivity contribution in [1.29, 1.82) is 0 Å². The number of carbonyl (C=O) groups excluding carboxylic acids is 1. The van der Waals surface area contributed by atoms with Crippen LogP contribution in [0.2, 0.25) is 0 Å². The number of aryl methyl sites for hydroxylation is 2. The van der Waals surface area contributed by atoms with Gasteiger partial charge in [-0.3, -0.25) is 4.79 Å². The lowest BCUT2D eigenvalue weighted by molar-refractivity contribution is -0.274. The predicted molar refractivity (Wildman–Crippen MR) is 83.8 cm³/mol. The number of hydrogen-bond acceptors (Lipinski definition) is 3. The number of carbonyl (C=O) groups is 1. The molecule has 0 saturated heterocycles. The van der Waals surface area contributed by atoms with E-state index < -0.39 is 6.36 Å². The van der Waals surface area contributed by atoms with Crippen LogP contribution in [0.15, 0.2) is 24.3 Å². The molecule has 0 spiro atoms. The summed E-state index contributed by atoms with van der Waals surface area (Å²) in [6, 6.07) is 5.79. The lowest BCUT2D eigenvalue weighted by atomic mass is 9.89. The van der Waals surface area contributed by atoms with Gasteiger partial charge in [-0.15, -0.1) is 13.2 Å². The Morgan fingerprint density at radius 1 is 1.40 bits per heavy atom. The minimum absolute atomic E-state index is 0.0174. The van der Waals surface area contributed by atoms with Crippen LogP contribution >= 0.6 is 0 Å². The summed E-state index contributed by atoms with van der Waals surface area (Å²) in [7, 11) is 0. The molecule has 0 fully saturated rings. The van der Waals surface area contributed by atoms with Crippen molar-refractivity contribution in [2.75, 3.05) is 0 Å². The number of aromatic nitrogens is 2. The minimum atomic E-state index is -4.77. The van der Waals surface area contributed by atoms with E-state index in [1.807, 2.05) is 6.92 Å². The first-order chi connectivity index (χ1) is 11.8. The standard InChI is InChI=1S/C17H18F3N3O2/c1-10-22-13-7-6-11(8-14(13)23-10)16(24)21-9-12-4-2-3-5-15(12)25-17(18,19)20/h2-5,11H,6-9H2,1H3,(H,21,24)(H,22,23). The Bertz CT molecular complexity index is 771. The van der Waals surface area contributed by atoms with E-state index in [-0.39, 0.29) is 29.7 Å². The number of ether oxygens (including phenoxy) is 1. The quantitative estimate of drug-likeness (QED) is 0.888. The van der Waals surface area contributed by atoms with Gasteiger partial charge in [0.25, 0.3) is 0 Å². The number of halogens is 3. The molecule has 1 aromatic carbocycles. The molecule has 1 aliphatic rings. The van der Waals surface area contributed by atoms with Crippen LogP contribution in [-0.4, -0.2) is 22.2 Å². The molecule has 8 heteroatoms. The lowest BCUT2D eigenvalue weighted by Crippen LogP contribution is -2.34. The molecular formula is C17H18F3N3O2. The predicted octanol–water partition coefficient (Wildman–Crippen LogP) is 3.04. The number of amides is 1. The zero-order valence-corrected chi connectivity index (χ0v) is 13.6. The average molecular weight is 353 g/mol. The molecule has 1 aliphatic carbocycles. The second-order valence-corrected chi connectivity index (χ2v) is 6.06. The number of fused-ring (bicyclic) bond motifs is 1. The molecule has 5 nitrogen and oxygen atoms in total. The van der Waals surface area contributed by atoms with Gasteiger partial charge in [-0.1, -0.05) is 18.2 Å². The van der Waals surface area contributed by atoms with Crippen molar-refractivity contribution in [3.05, 3.63) is 47.0 Å². The van der Waals surface area contributed by atoms with Gasteiger partial charge in [-0.05, 0) is 25.8 Å². The molecule has 25 heavy (non-hydrogen) atoms. The summed E-state index contributed by atoms with van der Waals surface area (Å²) in [6.45, 7) is 1.85. The summed E-state index contributed by atoms with van der Waals surface area (Å²) in [5.41, 5.74) is 2.23. The van der Waals surface area contributed by atoms with Crippen LogP contribution in [0.4, 0.5) is 13.2 Å². The topological polar surface area (TPSA) is 67.0 Å². The van der Waals surface area contributed by atoms with Gasteiger partial charge >= 0.3 is 6.36 Å². The molecule has 134 valence electrons. The summed E-state index contributed by atoms with van der Waals surface area (Å²) >= 11 is 0. The number of H-pyrrole nitrogens is 1. The largest absolute Gasteiger partial charge is 0.573 e. The van der Waals surface area contributed by atoms with Crippen LogP contribution in [0.1, 0.15) is 29.2 Å². The molecule has 1 unspecified atom stereocenters. The fraction of sp³-hybridized carbons (Fsp3) is 0.412. The van der Waals surface area contributed by atoms with Gasteiger partial charge in [0.05, 0.1) is 5.69 Å². The highest BCUT2D eigenvalue weighted by molar-refractivity contribution is 5.79. The van der Waals surface area contributed by atoms with Gasteiger partial charge in [0.1, 0.15) is 11.6 Å². The van der Waals surface area contributed by atoms with Gasteiger partial charge in [0.15, 0.2) is 0 Å². The zero-order chi connectivity index (χ0) is 18.0. The molecular weight excluding hydrogens is 335 g/mol. The summed E-state index contributed by atoms with van der Waals surface area (Å²) < 4.78 is 41.3. The smallest absolute Gasteiger partial charge is 0.405 e. The van der Waals surface area contributed by atoms with E-state index >= 15 is 0 Å². The fourth-order valence-electron chi connectivity index (χ4n) is 3.05. The molecule has 0 saturated carbocycles. The number of benzene rings is 1. The third-order valence-corrected chi connectivity index (χ3v) is 4.19. The van der Waals surface area contributed by atoms with Gasteiger partial charge in [0, 0.05) is 30.1 Å². The third kappa shape index (κ3) is 4.32. The Morgan fingerprint density at radius 3 is 2.92 bits per heavy atom. The van der Waals surface area contributed by atoms with E-state index in [0.29, 0.717) is 19.3 Å². The normalized spacial score (nSPS) is 17.0. The number of nitrogens with one attached hydrogen (secondary N) is 2. The SMILES string of the molecule is Cc1nc2c([nH]1)CC(C(=O)NCc1ccccc1OC(F)(F)F)CC2. The highest BCUT2D eigenvalue weighted by Gasteiger charge is 2.32. The van der Waals surface area contributed by atoms with E-state index in [0.717, 1.165) is 17.2 Å². The Kier molecular flexibility index (Phi) is 4.69. The summed E-state index contributed by atoms with van der Waals surface area (Å²) in [4.78, 5) is 19.9. The number of imidazole rings is 1. The highest BCUT2D eigenvalue weighted by Crippen LogP contribution is 2.27. The van der Waals surface area contributed by atoms with E-state index in [4.69, 9.17) is 0 Å². The summed E-state index contributed by atoms with van der Waals surface area (Å²) in [5, 5.41) is 2.71. The van der Waals surface area contributed by atoms with Gasteiger partial charge < -0.3 is 15.0 Å². The molecule has 1 aromatic heterocycles. The fourth-order valence-corrected chi connectivity index (χ4v) is 3.05. The van der Waals surface area contributed by atoms with Gasteiger partial charge in [-0.25, -0.2) is 4.98 Å². The maximum atomic E-state index is 12.4. The first-order valence-corrected chi connectivity index (χ1v) is 7.97. The molecule has 0 aliphatic heterocycles. The molecule has 1 amide bonds. The molecule has 0 radical (unpaired) electrons. The second-order valence-electron chi connectivity index (χ2n) is 6.06. The van der Waals surface area contributed by atoms with Crippen LogP contribution in [0.25, 0.3) is 0 Å². The van der Waals surface area contributed by atoms with E-state index in [1.54, 1.807) is 6.07 Å². The van der Waals surface area contributed by atoms with Gasteiger partial charge in [-0.2, -0.15) is 0 Å². The van der Waals surface area contributed by atoms with Crippen molar-refractivity contribution in [2.45, 2.75) is 39.1 Å². The van der Waals surface area contributed by atoms with E-state index in [9.17, 15) is 18.0 Å². The molecule has 2 aromatic rings. The van der Waals surface area contributed by atoms with Crippen molar-refractivity contribution >= 4 is 5.91 Å². The van der Waals surface area contributed by atoms with Crippen LogP contribution in [-0.2, 0) is 24.2 Å². The Balaban J connectivity index is 1.62. The van der Waals surface area contributed by atoms with Crippen LogP contribution in [0, 0.1) is 12.8 Å². The number of aromatic amines is 1. The average Bonchev–Trinajstić information content (AvgIpc) is 2.91. The molecule has 0 bridgehead atoms. The van der Waals surface area contributed by atoms with E-state index in [2.05, 4.69) is 20.0 Å². The molecule has 1 heterocycles. The Hall–Kier alpha value is -2.51. The maximum absolute atomic E-state index is 12.4. The van der Waals surface area contributed by atoms with Crippen LogP contribution in [0.5, 0.6) is 5.75 Å². The number of hydrogen-bond donors (Lipinski definition) is 2. The van der Waals surface area contributed by atoms with Crippen molar-refractivity contribution < 1.29 is 22.7 Å². The van der Waals surface area contributed by atoms with Crippen molar-refractivity contribution in [2.24, 2.45) is 5.92 Å². The molecule has 1 atom stereocenters. The summed E-state index contributed by atoms with van der Waals surface area (Å²) in [5.74, 6) is 0.123. The van der Waals surface area contributed by atoms with E-state index in [1.165, 1.54) is 18.2 Å². The zero-order valence-electron chi connectivity index (χ0n) is 13.6. The first kappa shape index (κ1) is 17.3. The molecule has 2 N–H and O–H groups in total. The second kappa shape index (κ2) is 6.78. The Labute approximate surface area is 142 Å². The van der Waals surface area contributed by atoms with Crippen molar-refractivity contribution in [1.82, 2.24) is 15.3 Å². The lowest BCUT2D eigenvalue weighted by Gasteiger charge is -2.21. The summed E-state index contributed by atoms with van der Waals surface area (Å²) in [6.07, 6.45) is -2.82. The highest BCUT2D eigenvalue weighted by atomic mass is 19.4. The monoisotopic (exact) mass is 353 g/mol. The third-order valence-electron chi connectivity index (χ3n) is 4.19. The number of alkyl halides is 3. The van der Waals surface area contributed by atoms with Gasteiger partial charge in [0.2, 0.25) is 5.91 Å². The number of para-hydroxylation sites is 1. The number of nitrogens with zero attached hydrogens (tertiary/aromatic N) is 1. The first-order valence-electron chi connectivity index (χ1n) is 7.97.